The lowest BCUT2D eigenvalue weighted by Crippen LogP contribution is -2.82. The first kappa shape index (κ1) is 19.4. The van der Waals surface area contributed by atoms with Crippen molar-refractivity contribution in [1.29, 1.82) is 0 Å². The summed E-state index contributed by atoms with van der Waals surface area (Å²) in [5.74, 6) is -1.57. The van der Waals surface area contributed by atoms with E-state index in [1.54, 1.807) is 4.90 Å². The Morgan fingerprint density at radius 3 is 2.50 bits per heavy atom. The van der Waals surface area contributed by atoms with Gasteiger partial charge in [-0.15, -0.1) is 0 Å². The number of nitrogens with zero attached hydrogens (tertiary/aromatic N) is 3. The highest BCUT2D eigenvalue weighted by molar-refractivity contribution is 9.09. The van der Waals surface area contributed by atoms with Gasteiger partial charge in [-0.1, -0.05) is 46.3 Å². The van der Waals surface area contributed by atoms with Gasteiger partial charge in [0.1, 0.15) is 12.0 Å². The molecule has 0 N–H and O–H groups in total. The van der Waals surface area contributed by atoms with Crippen LogP contribution in [0.5, 0.6) is 0 Å². The molecule has 3 fully saturated rings. The molecule has 4 rings (SSSR count). The maximum atomic E-state index is 13.0. The van der Waals surface area contributed by atoms with Crippen LogP contribution in [-0.4, -0.2) is 62.7 Å². The van der Waals surface area contributed by atoms with E-state index in [-0.39, 0.29) is 25.9 Å². The first-order valence-corrected chi connectivity index (χ1v) is 10.3. The molecule has 0 spiro atoms. The van der Waals surface area contributed by atoms with Crippen LogP contribution in [0.1, 0.15) is 24.5 Å². The van der Waals surface area contributed by atoms with Gasteiger partial charge in [-0.2, -0.15) is 0 Å². The molecule has 0 radical (unpaired) electrons. The Bertz CT molecular complexity index is 823. The third kappa shape index (κ3) is 2.54. The number of hydrogen-bond acceptors (Lipinski definition) is 7. The van der Waals surface area contributed by atoms with E-state index in [4.69, 9.17) is 4.74 Å². The highest BCUT2D eigenvalue weighted by Gasteiger charge is 2.80. The fourth-order valence-corrected chi connectivity index (χ4v) is 5.80. The maximum absolute atomic E-state index is 13.0. The number of likely N-dealkylation sites (tertiary alicyclic amines) is 1. The molecule has 2 heterocycles. The number of rotatable bonds is 5. The standard InChI is InChI=1S/C18H20BrN3O6/c19-6-7-20-10-17(21(24)25)14-8-13(12-4-2-1-3-5-12)28-16(9-15(17)23)18(14,11-20)22(26)27/h1-5,13-14,16H,6-11H2. The largest absolute Gasteiger partial charge is 0.362 e. The number of Topliss-reactive ketones (excluding diaryl/α,β-unsaturated/α-hetero) is 1. The van der Waals surface area contributed by atoms with Crippen molar-refractivity contribution in [1.82, 2.24) is 4.90 Å². The van der Waals surface area contributed by atoms with Gasteiger partial charge in [-0.05, 0) is 12.0 Å². The Morgan fingerprint density at radius 2 is 1.89 bits per heavy atom. The minimum Gasteiger partial charge on any atom is -0.362 e. The van der Waals surface area contributed by atoms with Crippen LogP contribution in [0.4, 0.5) is 0 Å². The van der Waals surface area contributed by atoms with E-state index >= 15 is 0 Å². The summed E-state index contributed by atoms with van der Waals surface area (Å²) in [4.78, 5) is 38.2. The Hall–Kier alpha value is -1.91. The van der Waals surface area contributed by atoms with Gasteiger partial charge >= 0.3 is 5.54 Å². The molecule has 1 aromatic rings. The molecular weight excluding hydrogens is 434 g/mol. The second kappa shape index (κ2) is 6.85. The molecule has 5 unspecified atom stereocenters. The Labute approximate surface area is 169 Å². The topological polar surface area (TPSA) is 116 Å². The smallest absolute Gasteiger partial charge is 0.301 e. The zero-order chi connectivity index (χ0) is 20.1. The number of halogens is 1. The first-order chi connectivity index (χ1) is 13.4. The third-order valence-corrected chi connectivity index (χ3v) is 6.90. The average Bonchev–Trinajstić information content (AvgIpc) is 2.66. The summed E-state index contributed by atoms with van der Waals surface area (Å²) in [5.41, 5.74) is -2.81. The van der Waals surface area contributed by atoms with Crippen LogP contribution in [-0.2, 0) is 9.53 Å². The second-order valence-corrected chi connectivity index (χ2v) is 8.56. The van der Waals surface area contributed by atoms with Crippen molar-refractivity contribution in [3.8, 4) is 0 Å². The second-order valence-electron chi connectivity index (χ2n) is 7.77. The van der Waals surface area contributed by atoms with Crippen LogP contribution in [0.2, 0.25) is 0 Å². The summed E-state index contributed by atoms with van der Waals surface area (Å²) in [7, 11) is 0. The lowest BCUT2D eigenvalue weighted by molar-refractivity contribution is -0.653. The van der Waals surface area contributed by atoms with Gasteiger partial charge in [-0.25, -0.2) is 0 Å². The molecule has 9 nitrogen and oxygen atoms in total. The molecule has 150 valence electrons. The van der Waals surface area contributed by atoms with Crippen LogP contribution >= 0.6 is 15.9 Å². The molecule has 4 bridgehead atoms. The molecule has 1 aromatic carbocycles. The van der Waals surface area contributed by atoms with Gasteiger partial charge in [-0.3, -0.25) is 29.9 Å². The van der Waals surface area contributed by atoms with Crippen molar-refractivity contribution in [2.45, 2.75) is 36.1 Å². The summed E-state index contributed by atoms with van der Waals surface area (Å²) >= 11 is 3.29. The van der Waals surface area contributed by atoms with Gasteiger partial charge in [0.05, 0.1) is 19.2 Å². The minimum absolute atomic E-state index is 0.0469. The molecular formula is C18H20BrN3O6. The van der Waals surface area contributed by atoms with Crippen LogP contribution in [0.25, 0.3) is 0 Å². The summed E-state index contributed by atoms with van der Waals surface area (Å²) in [6, 6.07) is 9.20. The number of nitro groups is 2. The SMILES string of the molecule is O=C1CC2OC(c3ccccc3)CC3C1([N+](=O)[O-])CN(CCBr)CC23[N+](=O)[O-]. The first-order valence-electron chi connectivity index (χ1n) is 9.17. The van der Waals surface area contributed by atoms with Crippen LogP contribution < -0.4 is 0 Å². The van der Waals surface area contributed by atoms with Crippen molar-refractivity contribution in [3.05, 3.63) is 56.1 Å². The number of ketones is 1. The van der Waals surface area contributed by atoms with Crippen molar-refractivity contribution >= 4 is 21.7 Å². The van der Waals surface area contributed by atoms with Gasteiger partial charge in [0, 0.05) is 28.1 Å². The summed E-state index contributed by atoms with van der Waals surface area (Å²) in [6.07, 6.45) is -1.70. The number of carbonyl (C=O) groups excluding carboxylic acids is 1. The van der Waals surface area contributed by atoms with Crippen molar-refractivity contribution in [2.75, 3.05) is 25.0 Å². The Balaban J connectivity index is 1.84. The molecule has 28 heavy (non-hydrogen) atoms. The van der Waals surface area contributed by atoms with Gasteiger partial charge in [0.15, 0.2) is 0 Å². The summed E-state index contributed by atoms with van der Waals surface area (Å²) < 4.78 is 6.09. The Morgan fingerprint density at radius 1 is 1.18 bits per heavy atom. The highest BCUT2D eigenvalue weighted by Crippen LogP contribution is 2.55. The van der Waals surface area contributed by atoms with Crippen LogP contribution in [0, 0.1) is 26.1 Å². The number of carbonyl (C=O) groups is 1. The fourth-order valence-electron chi connectivity index (χ4n) is 5.30. The van der Waals surface area contributed by atoms with Crippen molar-refractivity contribution in [2.24, 2.45) is 5.92 Å². The predicted molar refractivity (Wildman–Crippen MR) is 101 cm³/mol. The normalized spacial score (nSPS) is 37.5. The Kier molecular flexibility index (Phi) is 4.75. The van der Waals surface area contributed by atoms with E-state index in [2.05, 4.69) is 15.9 Å². The van der Waals surface area contributed by atoms with Crippen molar-refractivity contribution < 1.29 is 19.4 Å². The van der Waals surface area contributed by atoms with Crippen LogP contribution in [0.3, 0.4) is 0 Å². The average molecular weight is 454 g/mol. The molecule has 1 aliphatic carbocycles. The zero-order valence-electron chi connectivity index (χ0n) is 15.0. The monoisotopic (exact) mass is 453 g/mol. The van der Waals surface area contributed by atoms with E-state index in [0.29, 0.717) is 11.9 Å². The van der Waals surface area contributed by atoms with E-state index in [0.717, 1.165) is 5.56 Å². The zero-order valence-corrected chi connectivity index (χ0v) is 16.6. The van der Waals surface area contributed by atoms with Crippen LogP contribution in [0.15, 0.2) is 30.3 Å². The third-order valence-electron chi connectivity index (χ3n) is 6.55. The number of alkyl halides is 1. The number of piperidine rings is 1. The van der Waals surface area contributed by atoms with E-state index in [9.17, 15) is 25.0 Å². The number of ether oxygens (including phenoxy) is 1. The highest BCUT2D eigenvalue weighted by atomic mass is 79.9. The lowest BCUT2D eigenvalue weighted by Gasteiger charge is -2.56. The van der Waals surface area contributed by atoms with Gasteiger partial charge in [0.2, 0.25) is 5.78 Å². The predicted octanol–water partition coefficient (Wildman–Crippen LogP) is 1.85. The molecule has 5 atom stereocenters. The summed E-state index contributed by atoms with van der Waals surface area (Å²) in [5, 5.41) is 25.1. The molecule has 2 saturated heterocycles. The lowest BCUT2D eigenvalue weighted by atomic mass is 9.55. The molecule has 1 saturated carbocycles. The molecule has 0 amide bonds. The fraction of sp³-hybridized carbons (Fsp3) is 0.611. The summed E-state index contributed by atoms with van der Waals surface area (Å²) in [6.45, 7) is 0.338. The molecule has 0 aromatic heterocycles. The van der Waals surface area contributed by atoms with E-state index < -0.39 is 44.8 Å². The van der Waals surface area contributed by atoms with Gasteiger partial charge in [0.25, 0.3) is 5.54 Å². The maximum Gasteiger partial charge on any atom is 0.301 e. The van der Waals surface area contributed by atoms with Crippen molar-refractivity contribution in [3.63, 3.8) is 0 Å². The quantitative estimate of drug-likeness (QED) is 0.379. The molecule has 10 heteroatoms. The molecule has 2 aliphatic heterocycles. The number of benzene rings is 1. The molecule has 3 aliphatic rings. The van der Waals surface area contributed by atoms with E-state index in [1.807, 2.05) is 30.3 Å². The minimum atomic E-state index is -1.97. The van der Waals surface area contributed by atoms with E-state index in [1.165, 1.54) is 0 Å². The number of hydrogen-bond donors (Lipinski definition) is 0. The van der Waals surface area contributed by atoms with Gasteiger partial charge < -0.3 is 4.74 Å².